The highest BCUT2D eigenvalue weighted by Crippen LogP contribution is 2.28. The predicted octanol–water partition coefficient (Wildman–Crippen LogP) is 4.42. The van der Waals surface area contributed by atoms with Gasteiger partial charge in [0.25, 0.3) is 0 Å². The standard InChI is InChI=1S/C22H20N2O4/c1-27-21-13-17(7-12-20(21)28-15-16-5-3-2-4-6-16)14-23-24-19-10-8-18(9-11-19)22(25)26/h2-14,24H,15H2,1H3,(H,25,26)/b23-14+. The Morgan fingerprint density at radius 3 is 2.46 bits per heavy atom. The van der Waals surface area contributed by atoms with Crippen molar-refractivity contribution in [2.45, 2.75) is 6.61 Å². The third kappa shape index (κ3) is 5.11. The zero-order valence-electron chi connectivity index (χ0n) is 15.3. The summed E-state index contributed by atoms with van der Waals surface area (Å²) in [5, 5.41) is 13.1. The van der Waals surface area contributed by atoms with Gasteiger partial charge in [-0.2, -0.15) is 5.10 Å². The molecule has 28 heavy (non-hydrogen) atoms. The fourth-order valence-corrected chi connectivity index (χ4v) is 2.49. The number of aromatic carboxylic acids is 1. The molecule has 142 valence electrons. The first-order chi connectivity index (χ1) is 13.7. The van der Waals surface area contributed by atoms with Gasteiger partial charge in [0, 0.05) is 0 Å². The Hall–Kier alpha value is -3.80. The summed E-state index contributed by atoms with van der Waals surface area (Å²) in [5.74, 6) is 0.308. The second-order valence-electron chi connectivity index (χ2n) is 5.94. The summed E-state index contributed by atoms with van der Waals surface area (Å²) in [7, 11) is 1.59. The monoisotopic (exact) mass is 376 g/mol. The van der Waals surface area contributed by atoms with Crippen molar-refractivity contribution in [3.05, 3.63) is 89.5 Å². The van der Waals surface area contributed by atoms with Gasteiger partial charge < -0.3 is 14.6 Å². The van der Waals surface area contributed by atoms with Crippen LogP contribution in [0.5, 0.6) is 11.5 Å². The van der Waals surface area contributed by atoms with Gasteiger partial charge in [0.15, 0.2) is 11.5 Å². The van der Waals surface area contributed by atoms with Crippen molar-refractivity contribution in [3.63, 3.8) is 0 Å². The number of hydrogen-bond acceptors (Lipinski definition) is 5. The predicted molar refractivity (Wildman–Crippen MR) is 108 cm³/mol. The molecule has 3 rings (SSSR count). The number of hydrazone groups is 1. The molecule has 0 atom stereocenters. The molecule has 0 aliphatic carbocycles. The van der Waals surface area contributed by atoms with E-state index in [1.165, 1.54) is 12.1 Å². The fourth-order valence-electron chi connectivity index (χ4n) is 2.49. The highest BCUT2D eigenvalue weighted by atomic mass is 16.5. The summed E-state index contributed by atoms with van der Waals surface area (Å²) < 4.78 is 11.3. The van der Waals surface area contributed by atoms with E-state index in [9.17, 15) is 4.79 Å². The number of rotatable bonds is 8. The van der Waals surface area contributed by atoms with Crippen LogP contribution in [-0.4, -0.2) is 24.4 Å². The van der Waals surface area contributed by atoms with Crippen LogP contribution in [0.15, 0.2) is 77.9 Å². The molecule has 6 heteroatoms. The maximum Gasteiger partial charge on any atom is 0.335 e. The third-order valence-electron chi connectivity index (χ3n) is 3.96. The van der Waals surface area contributed by atoms with Gasteiger partial charge >= 0.3 is 5.97 Å². The minimum absolute atomic E-state index is 0.227. The molecule has 0 bridgehead atoms. The van der Waals surface area contributed by atoms with Crippen LogP contribution in [0.25, 0.3) is 0 Å². The van der Waals surface area contributed by atoms with Gasteiger partial charge in [-0.25, -0.2) is 4.79 Å². The Morgan fingerprint density at radius 1 is 1.04 bits per heavy atom. The zero-order chi connectivity index (χ0) is 19.8. The first-order valence-corrected chi connectivity index (χ1v) is 8.63. The lowest BCUT2D eigenvalue weighted by Crippen LogP contribution is -1.99. The number of benzene rings is 3. The van der Waals surface area contributed by atoms with Gasteiger partial charge in [0.2, 0.25) is 0 Å². The molecule has 0 aromatic heterocycles. The van der Waals surface area contributed by atoms with Crippen molar-refractivity contribution < 1.29 is 19.4 Å². The van der Waals surface area contributed by atoms with Gasteiger partial charge in [0.1, 0.15) is 6.61 Å². The Morgan fingerprint density at radius 2 is 1.79 bits per heavy atom. The normalized spacial score (nSPS) is 10.6. The van der Waals surface area contributed by atoms with Gasteiger partial charge in [-0.3, -0.25) is 5.43 Å². The minimum Gasteiger partial charge on any atom is -0.493 e. The summed E-state index contributed by atoms with van der Waals surface area (Å²) in [6.45, 7) is 0.457. The van der Waals surface area contributed by atoms with E-state index < -0.39 is 5.97 Å². The first kappa shape index (κ1) is 19.0. The number of anilines is 1. The number of nitrogens with one attached hydrogen (secondary N) is 1. The second kappa shape index (κ2) is 9.23. The largest absolute Gasteiger partial charge is 0.493 e. The summed E-state index contributed by atoms with van der Waals surface area (Å²) in [5.41, 5.74) is 5.69. The number of ether oxygens (including phenoxy) is 2. The van der Waals surface area contributed by atoms with Crippen LogP contribution in [0.1, 0.15) is 21.5 Å². The number of carbonyl (C=O) groups is 1. The lowest BCUT2D eigenvalue weighted by molar-refractivity contribution is 0.0697. The summed E-state index contributed by atoms with van der Waals surface area (Å²) in [6.07, 6.45) is 1.65. The number of nitrogens with zero attached hydrogens (tertiary/aromatic N) is 1. The highest BCUT2D eigenvalue weighted by molar-refractivity contribution is 5.88. The number of methoxy groups -OCH3 is 1. The molecule has 0 heterocycles. The van der Waals surface area contributed by atoms with Crippen molar-refractivity contribution in [1.82, 2.24) is 0 Å². The van der Waals surface area contributed by atoms with E-state index in [4.69, 9.17) is 14.6 Å². The lowest BCUT2D eigenvalue weighted by Gasteiger charge is -2.11. The molecular weight excluding hydrogens is 356 g/mol. The lowest BCUT2D eigenvalue weighted by atomic mass is 10.2. The summed E-state index contributed by atoms with van der Waals surface area (Å²) in [4.78, 5) is 10.9. The average molecular weight is 376 g/mol. The maximum atomic E-state index is 10.9. The van der Waals surface area contributed by atoms with E-state index in [1.54, 1.807) is 25.5 Å². The van der Waals surface area contributed by atoms with Crippen molar-refractivity contribution in [3.8, 4) is 11.5 Å². The molecule has 0 fully saturated rings. The molecule has 3 aromatic rings. The number of carboxylic acid groups (broad SMARTS) is 1. The van der Waals surface area contributed by atoms with E-state index in [2.05, 4.69) is 10.5 Å². The van der Waals surface area contributed by atoms with Crippen LogP contribution >= 0.6 is 0 Å². The molecule has 0 saturated carbocycles. The topological polar surface area (TPSA) is 80.2 Å². The van der Waals surface area contributed by atoms with Gasteiger partial charge in [-0.1, -0.05) is 30.3 Å². The molecule has 0 spiro atoms. The molecule has 3 aromatic carbocycles. The van der Waals surface area contributed by atoms with Crippen LogP contribution in [0, 0.1) is 0 Å². The number of carboxylic acids is 1. The number of hydrogen-bond donors (Lipinski definition) is 2. The molecule has 0 saturated heterocycles. The van der Waals surface area contributed by atoms with Crippen molar-refractivity contribution in [2.24, 2.45) is 5.10 Å². The van der Waals surface area contributed by atoms with E-state index in [-0.39, 0.29) is 5.56 Å². The average Bonchev–Trinajstić information content (AvgIpc) is 2.73. The van der Waals surface area contributed by atoms with Crippen LogP contribution in [0.4, 0.5) is 5.69 Å². The van der Waals surface area contributed by atoms with Crippen molar-refractivity contribution >= 4 is 17.9 Å². The molecule has 0 aliphatic rings. The van der Waals surface area contributed by atoms with E-state index in [0.29, 0.717) is 23.8 Å². The molecule has 0 radical (unpaired) electrons. The molecule has 0 aliphatic heterocycles. The maximum absolute atomic E-state index is 10.9. The fraction of sp³-hybridized carbons (Fsp3) is 0.0909. The van der Waals surface area contributed by atoms with Gasteiger partial charge in [0.05, 0.1) is 24.6 Å². The Balaban J connectivity index is 1.62. The summed E-state index contributed by atoms with van der Waals surface area (Å²) in [6, 6.07) is 21.8. The molecule has 0 amide bonds. The van der Waals surface area contributed by atoms with Crippen LogP contribution in [-0.2, 0) is 6.61 Å². The quantitative estimate of drug-likeness (QED) is 0.449. The minimum atomic E-state index is -0.961. The van der Waals surface area contributed by atoms with Crippen LogP contribution in [0.2, 0.25) is 0 Å². The van der Waals surface area contributed by atoms with Crippen molar-refractivity contribution in [2.75, 3.05) is 12.5 Å². The molecule has 0 unspecified atom stereocenters. The SMILES string of the molecule is COc1cc(/C=N/Nc2ccc(C(=O)O)cc2)ccc1OCc1ccccc1. The molecular formula is C22H20N2O4. The second-order valence-corrected chi connectivity index (χ2v) is 5.94. The van der Waals surface area contributed by atoms with Crippen LogP contribution < -0.4 is 14.9 Å². The van der Waals surface area contributed by atoms with E-state index in [1.807, 2.05) is 48.5 Å². The Bertz CT molecular complexity index is 954. The van der Waals surface area contributed by atoms with Crippen molar-refractivity contribution in [1.29, 1.82) is 0 Å². The molecule has 6 nitrogen and oxygen atoms in total. The summed E-state index contributed by atoms with van der Waals surface area (Å²) >= 11 is 0. The van der Waals surface area contributed by atoms with Crippen LogP contribution in [0.3, 0.4) is 0 Å². The Labute approximate surface area is 163 Å². The van der Waals surface area contributed by atoms with E-state index in [0.717, 1.165) is 11.1 Å². The highest BCUT2D eigenvalue weighted by Gasteiger charge is 2.06. The van der Waals surface area contributed by atoms with Gasteiger partial charge in [-0.05, 0) is 53.6 Å². The Kier molecular flexibility index (Phi) is 6.25. The van der Waals surface area contributed by atoms with E-state index >= 15 is 0 Å². The van der Waals surface area contributed by atoms with Gasteiger partial charge in [-0.15, -0.1) is 0 Å². The zero-order valence-corrected chi connectivity index (χ0v) is 15.3. The molecule has 2 N–H and O–H groups in total. The smallest absolute Gasteiger partial charge is 0.335 e. The first-order valence-electron chi connectivity index (χ1n) is 8.63. The third-order valence-corrected chi connectivity index (χ3v) is 3.96.